The van der Waals surface area contributed by atoms with Crippen molar-refractivity contribution in [1.82, 2.24) is 20.2 Å². The highest BCUT2D eigenvalue weighted by atomic mass is 16.3. The summed E-state index contributed by atoms with van der Waals surface area (Å²) >= 11 is 0. The van der Waals surface area contributed by atoms with Crippen molar-refractivity contribution in [2.45, 2.75) is 38.4 Å². The molecular formula is C23H27N5O2. The number of nitrogens with two attached hydrogens (primary N) is 1. The highest BCUT2D eigenvalue weighted by molar-refractivity contribution is 5.92. The molecule has 0 saturated heterocycles. The first-order valence-corrected chi connectivity index (χ1v) is 10.4. The monoisotopic (exact) mass is 405 g/mol. The molecule has 0 saturated carbocycles. The Bertz CT molecular complexity index is 973. The number of benzene rings is 1. The van der Waals surface area contributed by atoms with Crippen molar-refractivity contribution < 1.29 is 9.21 Å². The van der Waals surface area contributed by atoms with Gasteiger partial charge in [-0.25, -0.2) is 4.98 Å². The van der Waals surface area contributed by atoms with Crippen molar-refractivity contribution in [3.05, 3.63) is 83.3 Å². The van der Waals surface area contributed by atoms with E-state index in [9.17, 15) is 4.79 Å². The Balaban J connectivity index is 1.50. The van der Waals surface area contributed by atoms with Crippen LogP contribution in [-0.4, -0.2) is 33.9 Å². The van der Waals surface area contributed by atoms with E-state index in [1.807, 2.05) is 30.5 Å². The zero-order valence-corrected chi connectivity index (χ0v) is 17.0. The number of hydrogen-bond acceptors (Lipinski definition) is 6. The van der Waals surface area contributed by atoms with Crippen LogP contribution >= 0.6 is 0 Å². The van der Waals surface area contributed by atoms with E-state index in [1.54, 1.807) is 18.5 Å². The number of aromatic nitrogens is 2. The van der Waals surface area contributed by atoms with E-state index in [-0.39, 0.29) is 6.04 Å². The van der Waals surface area contributed by atoms with E-state index in [0.717, 1.165) is 44.5 Å². The molecule has 7 nitrogen and oxygen atoms in total. The number of oxazole rings is 1. The molecule has 1 aliphatic carbocycles. The zero-order valence-electron chi connectivity index (χ0n) is 17.0. The lowest BCUT2D eigenvalue weighted by Crippen LogP contribution is -2.36. The summed E-state index contributed by atoms with van der Waals surface area (Å²) in [5, 5.41) is 3.40. The summed E-state index contributed by atoms with van der Waals surface area (Å²) in [5.41, 5.74) is 9.59. The lowest BCUT2D eigenvalue weighted by molar-refractivity contribution is 0.1000. The average Bonchev–Trinajstić information content (AvgIpc) is 3.29. The molecule has 2 aromatic heterocycles. The van der Waals surface area contributed by atoms with Gasteiger partial charge in [0.2, 0.25) is 11.8 Å². The maximum Gasteiger partial charge on any atom is 0.248 e. The first-order chi connectivity index (χ1) is 14.7. The molecule has 1 aromatic carbocycles. The molecule has 1 unspecified atom stereocenters. The third-order valence-corrected chi connectivity index (χ3v) is 5.54. The first-order valence-electron chi connectivity index (χ1n) is 10.4. The number of carbonyl (C=O) groups excluding carboxylic acids is 1. The predicted octanol–water partition coefficient (Wildman–Crippen LogP) is 2.84. The molecule has 1 amide bonds. The number of nitrogens with zero attached hydrogens (tertiary/aromatic N) is 3. The largest absolute Gasteiger partial charge is 0.448 e. The van der Waals surface area contributed by atoms with Gasteiger partial charge < -0.3 is 15.5 Å². The van der Waals surface area contributed by atoms with Gasteiger partial charge in [-0.1, -0.05) is 18.2 Å². The fourth-order valence-corrected chi connectivity index (χ4v) is 4.10. The molecule has 0 aliphatic heterocycles. The Morgan fingerprint density at radius 2 is 2.17 bits per heavy atom. The second-order valence-electron chi connectivity index (χ2n) is 7.59. The zero-order chi connectivity index (χ0) is 20.8. The van der Waals surface area contributed by atoms with Crippen molar-refractivity contribution in [2.24, 2.45) is 5.73 Å². The quantitative estimate of drug-likeness (QED) is 0.531. The minimum absolute atomic E-state index is 0.246. The van der Waals surface area contributed by atoms with Crippen LogP contribution in [0.3, 0.4) is 0 Å². The number of aryl methyl sites for hydroxylation is 1. The molecule has 7 heteroatoms. The Morgan fingerprint density at radius 3 is 3.00 bits per heavy atom. The van der Waals surface area contributed by atoms with E-state index < -0.39 is 5.91 Å². The van der Waals surface area contributed by atoms with E-state index in [0.29, 0.717) is 18.0 Å². The molecule has 0 bridgehead atoms. The number of rotatable bonds is 9. The molecule has 1 aliphatic rings. The lowest BCUT2D eigenvalue weighted by Gasteiger charge is -2.35. The lowest BCUT2D eigenvalue weighted by atomic mass is 9.90. The number of carbonyl (C=O) groups is 1. The molecule has 30 heavy (non-hydrogen) atoms. The number of hydrogen-bond donors (Lipinski definition) is 2. The average molecular weight is 406 g/mol. The number of fused-ring (bicyclic) bond motifs is 1. The third kappa shape index (κ3) is 4.93. The van der Waals surface area contributed by atoms with Crippen molar-refractivity contribution in [3.63, 3.8) is 0 Å². The molecule has 3 aromatic rings. The van der Waals surface area contributed by atoms with Crippen LogP contribution in [-0.2, 0) is 19.5 Å². The highest BCUT2D eigenvalue weighted by Gasteiger charge is 2.27. The molecule has 0 radical (unpaired) electrons. The molecule has 3 N–H and O–H groups in total. The second kappa shape index (κ2) is 9.65. The summed E-state index contributed by atoms with van der Waals surface area (Å²) in [6.45, 7) is 2.94. The fraction of sp³-hybridized carbons (Fsp3) is 0.348. The van der Waals surface area contributed by atoms with Crippen LogP contribution in [0.15, 0.2) is 59.5 Å². The van der Waals surface area contributed by atoms with E-state index in [1.165, 1.54) is 11.3 Å². The molecule has 1 atom stereocenters. The standard InChI is InChI=1S/C23H27N5O2/c24-23(29)19-6-1-4-17(14-19)16-28(12-10-25-15-21-26-11-13-30-21)20-8-2-5-18-7-3-9-27-22(18)20/h1,3-4,6-7,9,11,13-14,20,25H,2,5,8,10,12,15-16H2,(H2,24,29). The minimum atomic E-state index is -0.402. The minimum Gasteiger partial charge on any atom is -0.448 e. The van der Waals surface area contributed by atoms with Crippen LogP contribution in [0.1, 0.15) is 52.0 Å². The van der Waals surface area contributed by atoms with Gasteiger partial charge in [-0.05, 0) is 48.6 Å². The SMILES string of the molecule is NC(=O)c1cccc(CN(CCNCc2ncco2)C2CCCc3cccnc32)c1. The Hall–Kier alpha value is -3.03. The number of nitrogens with one attached hydrogen (secondary N) is 1. The van der Waals surface area contributed by atoms with Crippen LogP contribution < -0.4 is 11.1 Å². The summed E-state index contributed by atoms with van der Waals surface area (Å²) in [7, 11) is 0. The van der Waals surface area contributed by atoms with Gasteiger partial charge in [0.15, 0.2) is 0 Å². The smallest absolute Gasteiger partial charge is 0.248 e. The Labute approximate surface area is 176 Å². The van der Waals surface area contributed by atoms with Crippen LogP contribution in [0.5, 0.6) is 0 Å². The van der Waals surface area contributed by atoms with E-state index >= 15 is 0 Å². The van der Waals surface area contributed by atoms with Crippen LogP contribution in [0.25, 0.3) is 0 Å². The van der Waals surface area contributed by atoms with E-state index in [4.69, 9.17) is 15.1 Å². The molecule has 2 heterocycles. The van der Waals surface area contributed by atoms with E-state index in [2.05, 4.69) is 21.3 Å². The summed E-state index contributed by atoms with van der Waals surface area (Å²) in [5.74, 6) is 0.279. The van der Waals surface area contributed by atoms with Crippen molar-refractivity contribution in [2.75, 3.05) is 13.1 Å². The van der Waals surface area contributed by atoms with Crippen molar-refractivity contribution >= 4 is 5.91 Å². The summed E-state index contributed by atoms with van der Waals surface area (Å²) < 4.78 is 5.29. The van der Waals surface area contributed by atoms with Gasteiger partial charge in [0.25, 0.3) is 0 Å². The fourth-order valence-electron chi connectivity index (χ4n) is 4.10. The van der Waals surface area contributed by atoms with Crippen molar-refractivity contribution in [1.29, 1.82) is 0 Å². The molecule has 156 valence electrons. The Kier molecular flexibility index (Phi) is 6.51. The summed E-state index contributed by atoms with van der Waals surface area (Å²) in [6, 6.07) is 12.0. The third-order valence-electron chi connectivity index (χ3n) is 5.54. The number of pyridine rings is 1. The number of amides is 1. The molecule has 4 rings (SSSR count). The van der Waals surface area contributed by atoms with Crippen molar-refractivity contribution in [3.8, 4) is 0 Å². The van der Waals surface area contributed by atoms with Crippen LogP contribution in [0, 0.1) is 0 Å². The topological polar surface area (TPSA) is 97.3 Å². The van der Waals surface area contributed by atoms with Gasteiger partial charge in [0, 0.05) is 31.4 Å². The van der Waals surface area contributed by atoms with Gasteiger partial charge in [-0.15, -0.1) is 0 Å². The Morgan fingerprint density at radius 1 is 1.23 bits per heavy atom. The second-order valence-corrected chi connectivity index (χ2v) is 7.59. The molecule has 0 fully saturated rings. The summed E-state index contributed by atoms with van der Waals surface area (Å²) in [6.07, 6.45) is 8.40. The molecular weight excluding hydrogens is 378 g/mol. The van der Waals surface area contributed by atoms with Crippen LogP contribution in [0.4, 0.5) is 0 Å². The maximum atomic E-state index is 11.6. The van der Waals surface area contributed by atoms with Gasteiger partial charge in [0.05, 0.1) is 24.5 Å². The highest BCUT2D eigenvalue weighted by Crippen LogP contribution is 2.33. The van der Waals surface area contributed by atoms with Gasteiger partial charge >= 0.3 is 0 Å². The first kappa shape index (κ1) is 20.3. The molecule has 0 spiro atoms. The number of primary amides is 1. The van der Waals surface area contributed by atoms with Crippen LogP contribution in [0.2, 0.25) is 0 Å². The van der Waals surface area contributed by atoms with Gasteiger partial charge in [-0.2, -0.15) is 0 Å². The van der Waals surface area contributed by atoms with Gasteiger partial charge in [-0.3, -0.25) is 14.7 Å². The summed E-state index contributed by atoms with van der Waals surface area (Å²) in [4.78, 5) is 22.9. The predicted molar refractivity (Wildman–Crippen MR) is 113 cm³/mol. The van der Waals surface area contributed by atoms with Gasteiger partial charge in [0.1, 0.15) is 6.26 Å². The maximum absolute atomic E-state index is 11.6. The normalized spacial score (nSPS) is 15.8.